The van der Waals surface area contributed by atoms with Gasteiger partial charge in [-0.1, -0.05) is 0 Å². The number of rotatable bonds is 2. The molecule has 66 valence electrons. The van der Waals surface area contributed by atoms with Gasteiger partial charge < -0.3 is 0 Å². The molecule has 1 aromatic rings. The van der Waals surface area contributed by atoms with Crippen molar-refractivity contribution in [3.05, 3.63) is 12.2 Å². The van der Waals surface area contributed by atoms with E-state index in [9.17, 15) is 0 Å². The Kier molecular flexibility index (Phi) is 2.08. The third-order valence-electron chi connectivity index (χ3n) is 2.34. The Morgan fingerprint density at radius 2 is 2.17 bits per heavy atom. The molecular weight excluding hydrogens is 152 g/mol. The number of hydrogen-bond acceptors (Lipinski definition) is 3. The normalized spacial score (nSPS) is 18.8. The maximum Gasteiger partial charge on any atom is 0.138 e. The monoisotopic (exact) mass is 166 g/mol. The molecule has 0 radical (unpaired) electrons. The van der Waals surface area contributed by atoms with Gasteiger partial charge in [0, 0.05) is 0 Å². The summed E-state index contributed by atoms with van der Waals surface area (Å²) in [5.74, 6) is 1.00. The molecule has 1 aromatic heterocycles. The Morgan fingerprint density at radius 1 is 1.42 bits per heavy atom. The Labute approximate surface area is 72.2 Å². The van der Waals surface area contributed by atoms with Crippen LogP contribution in [0.3, 0.4) is 0 Å². The van der Waals surface area contributed by atoms with Crippen molar-refractivity contribution in [3.63, 3.8) is 0 Å². The summed E-state index contributed by atoms with van der Waals surface area (Å²) in [7, 11) is 0. The van der Waals surface area contributed by atoms with E-state index in [2.05, 4.69) is 15.0 Å². The van der Waals surface area contributed by atoms with Crippen molar-refractivity contribution in [2.75, 3.05) is 13.1 Å². The Bertz CT molecular complexity index is 249. The SMILES string of the molecule is Cc1ncnn1CN1CCCC1. The van der Waals surface area contributed by atoms with Crippen LogP contribution in [0.1, 0.15) is 18.7 Å². The average molecular weight is 166 g/mol. The first-order valence-corrected chi connectivity index (χ1v) is 4.43. The lowest BCUT2D eigenvalue weighted by molar-refractivity contribution is 0.252. The molecule has 4 heteroatoms. The fourth-order valence-corrected chi connectivity index (χ4v) is 1.57. The molecule has 0 atom stereocenters. The minimum atomic E-state index is 0.909. The predicted molar refractivity (Wildman–Crippen MR) is 45.6 cm³/mol. The molecule has 1 saturated heterocycles. The van der Waals surface area contributed by atoms with E-state index in [0.717, 1.165) is 12.5 Å². The topological polar surface area (TPSA) is 34.0 Å². The molecule has 0 bridgehead atoms. The molecule has 0 N–H and O–H groups in total. The molecule has 12 heavy (non-hydrogen) atoms. The summed E-state index contributed by atoms with van der Waals surface area (Å²) in [6.07, 6.45) is 4.27. The average Bonchev–Trinajstić information content (AvgIpc) is 2.65. The molecule has 1 aliphatic heterocycles. The lowest BCUT2D eigenvalue weighted by Crippen LogP contribution is -2.24. The maximum atomic E-state index is 4.14. The smallest absolute Gasteiger partial charge is 0.138 e. The van der Waals surface area contributed by atoms with Gasteiger partial charge in [0.2, 0.25) is 0 Å². The van der Waals surface area contributed by atoms with Crippen molar-refractivity contribution in [1.82, 2.24) is 19.7 Å². The summed E-state index contributed by atoms with van der Waals surface area (Å²) < 4.78 is 1.95. The van der Waals surface area contributed by atoms with Crippen molar-refractivity contribution in [2.45, 2.75) is 26.4 Å². The van der Waals surface area contributed by atoms with Crippen LogP contribution in [0.15, 0.2) is 6.33 Å². The van der Waals surface area contributed by atoms with Crippen LogP contribution >= 0.6 is 0 Å². The van der Waals surface area contributed by atoms with Crippen LogP contribution in [0.4, 0.5) is 0 Å². The highest BCUT2D eigenvalue weighted by atomic mass is 15.4. The van der Waals surface area contributed by atoms with Crippen LogP contribution in [0.2, 0.25) is 0 Å². The Hall–Kier alpha value is -0.900. The summed E-state index contributed by atoms with van der Waals surface area (Å²) in [6.45, 7) is 5.31. The molecule has 1 aliphatic rings. The van der Waals surface area contributed by atoms with Crippen LogP contribution in [0, 0.1) is 6.92 Å². The van der Waals surface area contributed by atoms with E-state index in [1.165, 1.54) is 25.9 Å². The summed E-state index contributed by atoms with van der Waals surface area (Å²) in [5, 5.41) is 4.14. The highest BCUT2D eigenvalue weighted by molar-refractivity contribution is 4.78. The van der Waals surface area contributed by atoms with Crippen molar-refractivity contribution >= 4 is 0 Å². The quantitative estimate of drug-likeness (QED) is 0.646. The first-order valence-electron chi connectivity index (χ1n) is 4.43. The highest BCUT2D eigenvalue weighted by Gasteiger charge is 2.12. The van der Waals surface area contributed by atoms with E-state index in [1.807, 2.05) is 11.6 Å². The second kappa shape index (κ2) is 3.23. The predicted octanol–water partition coefficient (Wildman–Crippen LogP) is 0.640. The molecule has 0 saturated carbocycles. The molecule has 4 nitrogen and oxygen atoms in total. The largest absolute Gasteiger partial charge is 0.284 e. The van der Waals surface area contributed by atoms with Gasteiger partial charge in [0.25, 0.3) is 0 Å². The number of likely N-dealkylation sites (tertiary alicyclic amines) is 1. The maximum absolute atomic E-state index is 4.14. The van der Waals surface area contributed by atoms with Gasteiger partial charge in [-0.15, -0.1) is 0 Å². The van der Waals surface area contributed by atoms with Gasteiger partial charge in [-0.3, -0.25) is 4.90 Å². The van der Waals surface area contributed by atoms with E-state index < -0.39 is 0 Å². The molecule has 2 rings (SSSR count). The molecule has 0 spiro atoms. The van der Waals surface area contributed by atoms with Crippen molar-refractivity contribution in [2.24, 2.45) is 0 Å². The van der Waals surface area contributed by atoms with Crippen molar-refractivity contribution in [1.29, 1.82) is 0 Å². The van der Waals surface area contributed by atoms with Crippen LogP contribution in [0.25, 0.3) is 0 Å². The molecule has 0 aliphatic carbocycles. The molecule has 0 aromatic carbocycles. The minimum Gasteiger partial charge on any atom is -0.284 e. The van der Waals surface area contributed by atoms with Crippen molar-refractivity contribution in [3.8, 4) is 0 Å². The second-order valence-electron chi connectivity index (χ2n) is 3.27. The number of nitrogens with zero attached hydrogens (tertiary/aromatic N) is 4. The third-order valence-corrected chi connectivity index (χ3v) is 2.34. The van der Waals surface area contributed by atoms with Gasteiger partial charge >= 0.3 is 0 Å². The zero-order valence-corrected chi connectivity index (χ0v) is 7.40. The minimum absolute atomic E-state index is 0.909. The summed E-state index contributed by atoms with van der Waals surface area (Å²) in [5.41, 5.74) is 0. The van der Waals surface area contributed by atoms with Gasteiger partial charge in [0.1, 0.15) is 12.2 Å². The van der Waals surface area contributed by atoms with Gasteiger partial charge in [-0.2, -0.15) is 5.10 Å². The zero-order chi connectivity index (χ0) is 8.39. The molecular formula is C8H14N4. The molecule has 2 heterocycles. The Balaban J connectivity index is 1.98. The standard InChI is InChI=1S/C8H14N4/c1-8-9-6-10-12(8)7-11-4-2-3-5-11/h6H,2-5,7H2,1H3. The lowest BCUT2D eigenvalue weighted by atomic mass is 10.4. The van der Waals surface area contributed by atoms with Crippen LogP contribution < -0.4 is 0 Å². The van der Waals surface area contributed by atoms with E-state index in [0.29, 0.717) is 0 Å². The Morgan fingerprint density at radius 3 is 2.75 bits per heavy atom. The van der Waals surface area contributed by atoms with Gasteiger partial charge in [0.05, 0.1) is 6.67 Å². The second-order valence-corrected chi connectivity index (χ2v) is 3.27. The molecule has 0 amide bonds. The zero-order valence-electron chi connectivity index (χ0n) is 7.40. The number of aryl methyl sites for hydroxylation is 1. The summed E-state index contributed by atoms with van der Waals surface area (Å²) in [4.78, 5) is 6.49. The van der Waals surface area contributed by atoms with E-state index >= 15 is 0 Å². The number of aromatic nitrogens is 3. The molecule has 0 unspecified atom stereocenters. The van der Waals surface area contributed by atoms with E-state index in [-0.39, 0.29) is 0 Å². The number of hydrogen-bond donors (Lipinski definition) is 0. The molecule has 1 fully saturated rings. The van der Waals surface area contributed by atoms with Crippen molar-refractivity contribution < 1.29 is 0 Å². The van der Waals surface area contributed by atoms with Crippen LogP contribution in [-0.4, -0.2) is 32.8 Å². The highest BCUT2D eigenvalue weighted by Crippen LogP contribution is 2.08. The summed E-state index contributed by atoms with van der Waals surface area (Å²) in [6, 6.07) is 0. The van der Waals surface area contributed by atoms with Crippen LogP contribution in [0.5, 0.6) is 0 Å². The third kappa shape index (κ3) is 1.48. The van der Waals surface area contributed by atoms with Gasteiger partial charge in [0.15, 0.2) is 0 Å². The van der Waals surface area contributed by atoms with Crippen LogP contribution in [-0.2, 0) is 6.67 Å². The first-order chi connectivity index (χ1) is 5.86. The summed E-state index contributed by atoms with van der Waals surface area (Å²) >= 11 is 0. The van der Waals surface area contributed by atoms with Gasteiger partial charge in [-0.25, -0.2) is 9.67 Å². The fraction of sp³-hybridized carbons (Fsp3) is 0.750. The van der Waals surface area contributed by atoms with E-state index in [4.69, 9.17) is 0 Å². The van der Waals surface area contributed by atoms with E-state index in [1.54, 1.807) is 6.33 Å². The first kappa shape index (κ1) is 7.73. The lowest BCUT2D eigenvalue weighted by Gasteiger charge is -2.14. The van der Waals surface area contributed by atoms with Gasteiger partial charge in [-0.05, 0) is 32.9 Å². The fourth-order valence-electron chi connectivity index (χ4n) is 1.57.